The normalized spacial score (nSPS) is 12.3. The van der Waals surface area contributed by atoms with Crippen molar-refractivity contribution in [2.24, 2.45) is 0 Å². The van der Waals surface area contributed by atoms with E-state index in [4.69, 9.17) is 0 Å². The molecule has 0 radical (unpaired) electrons. The second-order valence-corrected chi connectivity index (χ2v) is 11.3. The number of halogens is 1. The second-order valence-electron chi connectivity index (χ2n) is 6.24. The van der Waals surface area contributed by atoms with Crippen LogP contribution in [0.2, 0.25) is 19.6 Å². The molecule has 0 unspecified atom stereocenters. The maximum atomic E-state index is 14.1. The Bertz CT molecular complexity index is 701. The fraction of sp³-hybridized carbons (Fsp3) is 0.176. The molecule has 5 heteroatoms. The Kier molecular flexibility index (Phi) is 4.56. The van der Waals surface area contributed by atoms with Crippen LogP contribution in [0.25, 0.3) is 17.0 Å². The highest BCUT2D eigenvalue weighted by atomic mass is 28.3. The van der Waals surface area contributed by atoms with Crippen LogP contribution < -0.4 is 0 Å². The zero-order valence-corrected chi connectivity index (χ0v) is 13.8. The molecule has 0 fully saturated rings. The van der Waals surface area contributed by atoms with Gasteiger partial charge in [0.2, 0.25) is 0 Å². The minimum absolute atomic E-state index is 0.0597. The molecule has 0 bridgehead atoms. The zero-order valence-electron chi connectivity index (χ0n) is 12.8. The van der Waals surface area contributed by atoms with Crippen LogP contribution >= 0.6 is 0 Å². The predicted octanol–water partition coefficient (Wildman–Crippen LogP) is 5.45. The van der Waals surface area contributed by atoms with Gasteiger partial charge in [-0.1, -0.05) is 49.6 Å². The molecule has 2 aromatic carbocycles. The van der Waals surface area contributed by atoms with Crippen molar-refractivity contribution in [3.05, 3.63) is 69.9 Å². The maximum absolute atomic E-state index is 14.1. The lowest BCUT2D eigenvalue weighted by Crippen LogP contribution is -2.16. The lowest BCUT2D eigenvalue weighted by atomic mass is 10.0. The van der Waals surface area contributed by atoms with Gasteiger partial charge < -0.3 is 0 Å². The Labute approximate surface area is 130 Å². The summed E-state index contributed by atoms with van der Waals surface area (Å²) in [5, 5.41) is 10.6. The Morgan fingerprint density at radius 2 is 1.45 bits per heavy atom. The maximum Gasteiger partial charge on any atom is 0.269 e. The quantitative estimate of drug-likeness (QED) is 0.428. The molecule has 0 atom stereocenters. The molecule has 0 aliphatic rings. The molecule has 0 amide bonds. The topological polar surface area (TPSA) is 43.1 Å². The lowest BCUT2D eigenvalue weighted by molar-refractivity contribution is -0.384. The first-order chi connectivity index (χ1) is 10.3. The summed E-state index contributed by atoms with van der Waals surface area (Å²) in [5.41, 5.74) is 4.12. The van der Waals surface area contributed by atoms with Gasteiger partial charge in [0, 0.05) is 17.7 Å². The van der Waals surface area contributed by atoms with Crippen molar-refractivity contribution in [3.63, 3.8) is 0 Å². The first-order valence-corrected chi connectivity index (χ1v) is 10.6. The molecule has 0 saturated heterocycles. The van der Waals surface area contributed by atoms with Gasteiger partial charge in [-0.05, 0) is 23.3 Å². The highest BCUT2D eigenvalue weighted by Crippen LogP contribution is 2.25. The zero-order chi connectivity index (χ0) is 16.3. The van der Waals surface area contributed by atoms with E-state index in [2.05, 4.69) is 19.6 Å². The van der Waals surface area contributed by atoms with Gasteiger partial charge in [0.15, 0.2) is 0 Å². The van der Waals surface area contributed by atoms with E-state index in [0.717, 1.165) is 11.1 Å². The third-order valence-corrected chi connectivity index (χ3v) is 4.25. The largest absolute Gasteiger partial charge is 0.269 e. The molecular weight excluding hydrogens is 297 g/mol. The molecular formula is C17H18FNO2Si. The van der Waals surface area contributed by atoms with Crippen molar-refractivity contribution < 1.29 is 9.31 Å². The third-order valence-electron chi connectivity index (χ3n) is 3.13. The summed E-state index contributed by atoms with van der Waals surface area (Å²) in [6.45, 7) is 6.24. The van der Waals surface area contributed by atoms with E-state index in [-0.39, 0.29) is 11.5 Å². The lowest BCUT2D eigenvalue weighted by Gasteiger charge is -2.10. The minimum atomic E-state index is -1.60. The Morgan fingerprint density at radius 3 is 1.86 bits per heavy atom. The molecule has 114 valence electrons. The van der Waals surface area contributed by atoms with Crippen molar-refractivity contribution in [3.8, 4) is 11.1 Å². The van der Waals surface area contributed by atoms with Gasteiger partial charge in [-0.2, -0.15) is 0 Å². The van der Waals surface area contributed by atoms with Gasteiger partial charge in [-0.15, -0.1) is 0 Å². The van der Waals surface area contributed by atoms with Crippen LogP contribution in [0.15, 0.2) is 54.2 Å². The summed E-state index contributed by atoms with van der Waals surface area (Å²) in [6.07, 6.45) is 0. The Morgan fingerprint density at radius 1 is 1.00 bits per heavy atom. The van der Waals surface area contributed by atoms with Crippen molar-refractivity contribution in [2.45, 2.75) is 19.6 Å². The number of nitro benzene ring substituents is 1. The van der Waals surface area contributed by atoms with Gasteiger partial charge in [-0.3, -0.25) is 10.1 Å². The SMILES string of the molecule is C[Si](C)(C)/C=C(\F)c1ccc(-c2ccc([N+](=O)[O-])cc2)cc1. The number of hydrogen-bond donors (Lipinski definition) is 0. The van der Waals surface area contributed by atoms with Crippen LogP contribution in [0.4, 0.5) is 10.1 Å². The van der Waals surface area contributed by atoms with Crippen LogP contribution in [0.1, 0.15) is 5.56 Å². The van der Waals surface area contributed by atoms with Crippen LogP contribution in [-0.2, 0) is 0 Å². The van der Waals surface area contributed by atoms with E-state index in [0.29, 0.717) is 5.56 Å². The highest BCUT2D eigenvalue weighted by molar-refractivity contribution is 6.81. The summed E-state index contributed by atoms with van der Waals surface area (Å²) in [5.74, 6) is -0.186. The van der Waals surface area contributed by atoms with Crippen molar-refractivity contribution in [2.75, 3.05) is 0 Å². The van der Waals surface area contributed by atoms with Crippen molar-refractivity contribution in [1.82, 2.24) is 0 Å². The van der Waals surface area contributed by atoms with Crippen molar-refractivity contribution >= 4 is 19.6 Å². The molecule has 0 heterocycles. The van der Waals surface area contributed by atoms with E-state index >= 15 is 0 Å². The summed E-state index contributed by atoms with van der Waals surface area (Å²) in [7, 11) is -1.60. The van der Waals surface area contributed by atoms with Crippen LogP contribution in [0.3, 0.4) is 0 Å². The molecule has 2 rings (SSSR count). The Balaban J connectivity index is 2.25. The standard InChI is InChI=1S/C17H18FNO2Si/c1-22(2,3)12-17(18)15-6-4-13(5-7-15)14-8-10-16(11-9-14)19(20)21/h4-12H,1-3H3/b17-12-. The van der Waals surface area contributed by atoms with E-state index in [9.17, 15) is 14.5 Å². The molecule has 0 aliphatic heterocycles. The average Bonchev–Trinajstić information content (AvgIpc) is 2.46. The fourth-order valence-corrected chi connectivity index (χ4v) is 2.99. The molecule has 0 aliphatic carbocycles. The smallest absolute Gasteiger partial charge is 0.258 e. The fourth-order valence-electron chi connectivity index (χ4n) is 2.06. The first kappa shape index (κ1) is 16.1. The molecule has 0 spiro atoms. The Hall–Kier alpha value is -2.27. The summed E-state index contributed by atoms with van der Waals surface area (Å²) in [4.78, 5) is 10.2. The van der Waals surface area contributed by atoms with Gasteiger partial charge in [0.05, 0.1) is 13.0 Å². The molecule has 3 nitrogen and oxygen atoms in total. The summed E-state index contributed by atoms with van der Waals surface area (Å²) < 4.78 is 14.1. The van der Waals surface area contributed by atoms with Crippen molar-refractivity contribution in [1.29, 1.82) is 0 Å². The summed E-state index contributed by atoms with van der Waals surface area (Å²) in [6, 6.07) is 13.5. The van der Waals surface area contributed by atoms with Gasteiger partial charge in [0.1, 0.15) is 5.83 Å². The highest BCUT2D eigenvalue weighted by Gasteiger charge is 2.12. The van der Waals surface area contributed by atoms with Crippen LogP contribution in [0.5, 0.6) is 0 Å². The predicted molar refractivity (Wildman–Crippen MR) is 91.0 cm³/mol. The average molecular weight is 315 g/mol. The number of nitro groups is 1. The number of benzene rings is 2. The van der Waals surface area contributed by atoms with Crippen LogP contribution in [0, 0.1) is 10.1 Å². The van der Waals surface area contributed by atoms with E-state index in [1.54, 1.807) is 30.0 Å². The van der Waals surface area contributed by atoms with Crippen LogP contribution in [-0.4, -0.2) is 13.0 Å². The summed E-state index contributed by atoms with van der Waals surface area (Å²) >= 11 is 0. The first-order valence-electron chi connectivity index (χ1n) is 7.00. The third kappa shape index (κ3) is 4.11. The monoisotopic (exact) mass is 315 g/mol. The number of hydrogen-bond acceptors (Lipinski definition) is 2. The number of non-ortho nitro benzene ring substituents is 1. The molecule has 2 aromatic rings. The van der Waals surface area contributed by atoms with Gasteiger partial charge in [-0.25, -0.2) is 4.39 Å². The molecule has 0 aromatic heterocycles. The van der Waals surface area contributed by atoms with E-state index in [1.807, 2.05) is 12.1 Å². The number of nitrogens with zero attached hydrogens (tertiary/aromatic N) is 1. The minimum Gasteiger partial charge on any atom is -0.258 e. The molecule has 22 heavy (non-hydrogen) atoms. The number of rotatable bonds is 4. The molecule has 0 N–H and O–H groups in total. The van der Waals surface area contributed by atoms with E-state index < -0.39 is 13.0 Å². The molecule has 0 saturated carbocycles. The second kappa shape index (κ2) is 6.23. The van der Waals surface area contributed by atoms with Gasteiger partial charge >= 0.3 is 0 Å². The van der Waals surface area contributed by atoms with Gasteiger partial charge in [0.25, 0.3) is 5.69 Å². The van der Waals surface area contributed by atoms with E-state index in [1.165, 1.54) is 12.1 Å².